The monoisotopic (exact) mass is 236 g/mol. The first-order chi connectivity index (χ1) is 8.03. The van der Waals surface area contributed by atoms with Crippen LogP contribution in [0.5, 0.6) is 0 Å². The van der Waals surface area contributed by atoms with E-state index in [1.54, 1.807) is 37.3 Å². The number of hydrogen-bond acceptors (Lipinski definition) is 4. The second kappa shape index (κ2) is 5.59. The third kappa shape index (κ3) is 3.14. The van der Waals surface area contributed by atoms with Gasteiger partial charge in [0.25, 0.3) is 0 Å². The normalized spacial score (nSPS) is 13.8. The summed E-state index contributed by atoms with van der Waals surface area (Å²) in [5, 5.41) is 10.0. The number of hydrogen-bond donors (Lipinski definition) is 1. The van der Waals surface area contributed by atoms with Crippen molar-refractivity contribution in [1.82, 2.24) is 0 Å². The molecule has 0 aliphatic rings. The lowest BCUT2D eigenvalue weighted by atomic mass is 9.91. The molecule has 1 aromatic carbocycles. The molecule has 0 saturated carbocycles. The smallest absolute Gasteiger partial charge is 0.338 e. The number of ether oxygens (including phenoxy) is 1. The zero-order chi connectivity index (χ0) is 12.9. The molecule has 92 valence electrons. The first kappa shape index (κ1) is 13.4. The Kier molecular flexibility index (Phi) is 4.40. The van der Waals surface area contributed by atoms with Crippen LogP contribution in [-0.4, -0.2) is 29.6 Å². The van der Waals surface area contributed by atoms with E-state index in [1.807, 2.05) is 0 Å². The topological polar surface area (TPSA) is 63.6 Å². The lowest BCUT2D eigenvalue weighted by Gasteiger charge is -2.22. The number of benzene rings is 1. The van der Waals surface area contributed by atoms with Gasteiger partial charge in [0, 0.05) is 5.56 Å². The van der Waals surface area contributed by atoms with Crippen LogP contribution >= 0.6 is 0 Å². The van der Waals surface area contributed by atoms with Gasteiger partial charge in [-0.05, 0) is 6.42 Å². The molecule has 0 spiro atoms. The Hall–Kier alpha value is -1.68. The number of carbonyl (C=O) groups is 2. The Balaban J connectivity index is 2.83. The van der Waals surface area contributed by atoms with Gasteiger partial charge in [0.1, 0.15) is 0 Å². The van der Waals surface area contributed by atoms with Crippen LogP contribution in [0.4, 0.5) is 0 Å². The fraction of sp³-hybridized carbons (Fsp3) is 0.385. The molecule has 0 aliphatic carbocycles. The third-order valence-electron chi connectivity index (χ3n) is 2.70. The van der Waals surface area contributed by atoms with Gasteiger partial charge in [0.05, 0.1) is 13.5 Å². The van der Waals surface area contributed by atoms with E-state index in [2.05, 4.69) is 4.74 Å². The molecule has 0 saturated heterocycles. The van der Waals surface area contributed by atoms with Crippen LogP contribution in [-0.2, 0) is 9.53 Å². The molecule has 1 N–H and O–H groups in total. The van der Waals surface area contributed by atoms with Crippen LogP contribution in [0, 0.1) is 0 Å². The maximum atomic E-state index is 11.9. The van der Waals surface area contributed by atoms with Gasteiger partial charge in [-0.1, -0.05) is 37.3 Å². The van der Waals surface area contributed by atoms with E-state index < -0.39 is 11.6 Å². The predicted octanol–water partition coefficient (Wildman–Crippen LogP) is 1.57. The maximum Gasteiger partial charge on any atom is 0.338 e. The average molecular weight is 236 g/mol. The Morgan fingerprint density at radius 3 is 2.35 bits per heavy atom. The van der Waals surface area contributed by atoms with Gasteiger partial charge < -0.3 is 9.84 Å². The maximum absolute atomic E-state index is 11.9. The summed E-state index contributed by atoms with van der Waals surface area (Å²) in [5.41, 5.74) is -1.26. The third-order valence-corrected chi connectivity index (χ3v) is 2.70. The molecule has 1 atom stereocenters. The van der Waals surface area contributed by atoms with E-state index in [4.69, 9.17) is 0 Å². The predicted molar refractivity (Wildman–Crippen MR) is 62.6 cm³/mol. The van der Waals surface area contributed by atoms with Crippen LogP contribution in [0.3, 0.4) is 0 Å². The summed E-state index contributed by atoms with van der Waals surface area (Å²) >= 11 is 0. The quantitative estimate of drug-likeness (QED) is 0.622. The summed E-state index contributed by atoms with van der Waals surface area (Å²) in [6.45, 7) is 1.63. The Morgan fingerprint density at radius 1 is 1.29 bits per heavy atom. The van der Waals surface area contributed by atoms with Gasteiger partial charge in [-0.2, -0.15) is 0 Å². The molecule has 0 radical (unpaired) electrons. The highest BCUT2D eigenvalue weighted by molar-refractivity contribution is 5.99. The highest BCUT2D eigenvalue weighted by Gasteiger charge is 2.37. The summed E-state index contributed by atoms with van der Waals surface area (Å²) in [7, 11) is 1.19. The van der Waals surface area contributed by atoms with Crippen molar-refractivity contribution in [3.05, 3.63) is 35.9 Å². The molecule has 0 aliphatic heterocycles. The highest BCUT2D eigenvalue weighted by Crippen LogP contribution is 2.20. The summed E-state index contributed by atoms with van der Waals surface area (Å²) in [6, 6.07) is 8.56. The SMILES string of the molecule is CCC(O)(CC(=O)c1ccccc1)C(=O)OC. The largest absolute Gasteiger partial charge is 0.467 e. The molecule has 1 unspecified atom stereocenters. The Bertz CT molecular complexity index is 399. The van der Waals surface area contributed by atoms with Gasteiger partial charge in [0.2, 0.25) is 0 Å². The Labute approximate surface area is 100 Å². The lowest BCUT2D eigenvalue weighted by Crippen LogP contribution is -2.41. The molecule has 0 fully saturated rings. The number of aliphatic hydroxyl groups is 1. The van der Waals surface area contributed by atoms with E-state index >= 15 is 0 Å². The number of Topliss-reactive ketones (excluding diaryl/α,β-unsaturated/α-hetero) is 1. The molecule has 1 rings (SSSR count). The van der Waals surface area contributed by atoms with Gasteiger partial charge in [0.15, 0.2) is 11.4 Å². The average Bonchev–Trinajstić information content (AvgIpc) is 2.38. The van der Waals surface area contributed by atoms with Crippen LogP contribution < -0.4 is 0 Å². The fourth-order valence-corrected chi connectivity index (χ4v) is 1.52. The molecule has 1 aromatic rings. The molecule has 17 heavy (non-hydrogen) atoms. The zero-order valence-corrected chi connectivity index (χ0v) is 9.97. The second-order valence-electron chi connectivity index (χ2n) is 3.84. The Morgan fingerprint density at radius 2 is 1.88 bits per heavy atom. The number of rotatable bonds is 5. The lowest BCUT2D eigenvalue weighted by molar-refractivity contribution is -0.162. The van der Waals surface area contributed by atoms with E-state index in [-0.39, 0.29) is 18.6 Å². The highest BCUT2D eigenvalue weighted by atomic mass is 16.5. The van der Waals surface area contributed by atoms with Crippen molar-refractivity contribution in [1.29, 1.82) is 0 Å². The van der Waals surface area contributed by atoms with Crippen molar-refractivity contribution in [3.63, 3.8) is 0 Å². The minimum Gasteiger partial charge on any atom is -0.467 e. The minimum atomic E-state index is -1.73. The number of esters is 1. The van der Waals surface area contributed by atoms with Crippen LogP contribution in [0.1, 0.15) is 30.1 Å². The molecule has 0 amide bonds. The number of methoxy groups -OCH3 is 1. The summed E-state index contributed by atoms with van der Waals surface area (Å²) in [4.78, 5) is 23.3. The molecule has 0 bridgehead atoms. The molecular weight excluding hydrogens is 220 g/mol. The van der Waals surface area contributed by atoms with Gasteiger partial charge in [-0.25, -0.2) is 4.79 Å². The van der Waals surface area contributed by atoms with Crippen molar-refractivity contribution in [2.75, 3.05) is 7.11 Å². The van der Waals surface area contributed by atoms with E-state index in [9.17, 15) is 14.7 Å². The summed E-state index contributed by atoms with van der Waals surface area (Å²) in [6.07, 6.45) is -0.127. The fourth-order valence-electron chi connectivity index (χ4n) is 1.52. The van der Waals surface area contributed by atoms with Crippen molar-refractivity contribution in [2.24, 2.45) is 0 Å². The summed E-state index contributed by atoms with van der Waals surface area (Å²) in [5.74, 6) is -1.05. The van der Waals surface area contributed by atoms with Crippen LogP contribution in [0.15, 0.2) is 30.3 Å². The molecule has 0 aromatic heterocycles. The first-order valence-electron chi connectivity index (χ1n) is 5.42. The van der Waals surface area contributed by atoms with E-state index in [0.717, 1.165) is 0 Å². The molecule has 4 heteroatoms. The van der Waals surface area contributed by atoms with Crippen molar-refractivity contribution in [3.8, 4) is 0 Å². The van der Waals surface area contributed by atoms with Crippen molar-refractivity contribution >= 4 is 11.8 Å². The first-order valence-corrected chi connectivity index (χ1v) is 5.42. The summed E-state index contributed by atoms with van der Waals surface area (Å²) < 4.78 is 4.50. The standard InChI is InChI=1S/C13H16O4/c1-3-13(16,12(15)17-2)9-11(14)10-7-5-4-6-8-10/h4-8,16H,3,9H2,1-2H3. The van der Waals surface area contributed by atoms with Gasteiger partial charge in [-0.15, -0.1) is 0 Å². The molecule has 0 heterocycles. The number of ketones is 1. The number of carbonyl (C=O) groups excluding carboxylic acids is 2. The second-order valence-corrected chi connectivity index (χ2v) is 3.84. The van der Waals surface area contributed by atoms with E-state index in [1.165, 1.54) is 7.11 Å². The van der Waals surface area contributed by atoms with Gasteiger partial charge >= 0.3 is 5.97 Å². The van der Waals surface area contributed by atoms with Crippen molar-refractivity contribution < 1.29 is 19.4 Å². The molecular formula is C13H16O4. The van der Waals surface area contributed by atoms with Gasteiger partial charge in [-0.3, -0.25) is 4.79 Å². The van der Waals surface area contributed by atoms with Crippen molar-refractivity contribution in [2.45, 2.75) is 25.4 Å². The van der Waals surface area contributed by atoms with Crippen LogP contribution in [0.25, 0.3) is 0 Å². The molecule has 4 nitrogen and oxygen atoms in total. The zero-order valence-electron chi connectivity index (χ0n) is 9.97. The van der Waals surface area contributed by atoms with Crippen LogP contribution in [0.2, 0.25) is 0 Å². The minimum absolute atomic E-state index is 0.137. The van der Waals surface area contributed by atoms with E-state index in [0.29, 0.717) is 5.56 Å².